The Kier molecular flexibility index (Phi) is 1.70. The second-order valence-electron chi connectivity index (χ2n) is 6.32. The average molecular weight is 210 g/mol. The lowest BCUT2D eigenvalue weighted by atomic mass is 9.48. The van der Waals surface area contributed by atoms with Crippen molar-refractivity contribution in [1.82, 2.24) is 0 Å². The Labute approximate surface area is 89.8 Å². The summed E-state index contributed by atoms with van der Waals surface area (Å²) >= 11 is 0. The van der Waals surface area contributed by atoms with Crippen LogP contribution in [0.1, 0.15) is 45.4 Å². The Morgan fingerprint density at radius 3 is 2.33 bits per heavy atom. The summed E-state index contributed by atoms with van der Waals surface area (Å²) in [5.41, 5.74) is 0.0458. The van der Waals surface area contributed by atoms with Crippen molar-refractivity contribution in [1.29, 1.82) is 0 Å². The van der Waals surface area contributed by atoms with Gasteiger partial charge in [0.1, 0.15) is 5.60 Å². The van der Waals surface area contributed by atoms with Crippen LogP contribution in [0.2, 0.25) is 0 Å². The third-order valence-corrected chi connectivity index (χ3v) is 4.60. The predicted octanol–water partition coefficient (Wildman–Crippen LogP) is 3.04. The SMILES string of the molecule is CC12CC3CC(C1)CC(OC(=O)O)(C3)C2. The molecule has 4 aliphatic rings. The number of hydrogen-bond acceptors (Lipinski definition) is 2. The molecule has 0 aromatic carbocycles. The van der Waals surface area contributed by atoms with E-state index in [1.165, 1.54) is 19.3 Å². The zero-order chi connectivity index (χ0) is 10.7. The lowest BCUT2D eigenvalue weighted by Gasteiger charge is -2.59. The van der Waals surface area contributed by atoms with Gasteiger partial charge >= 0.3 is 6.16 Å². The lowest BCUT2D eigenvalue weighted by molar-refractivity contribution is -0.166. The van der Waals surface area contributed by atoms with Crippen LogP contribution in [-0.4, -0.2) is 16.9 Å². The van der Waals surface area contributed by atoms with Gasteiger partial charge in [-0.15, -0.1) is 0 Å². The number of carboxylic acid groups (broad SMARTS) is 1. The molecule has 4 fully saturated rings. The van der Waals surface area contributed by atoms with E-state index in [0.717, 1.165) is 31.1 Å². The van der Waals surface area contributed by atoms with Crippen molar-refractivity contribution in [3.63, 3.8) is 0 Å². The summed E-state index contributed by atoms with van der Waals surface area (Å²) < 4.78 is 5.23. The molecule has 3 nitrogen and oxygen atoms in total. The molecular formula is C12H18O3. The van der Waals surface area contributed by atoms with Crippen LogP contribution >= 0.6 is 0 Å². The van der Waals surface area contributed by atoms with E-state index >= 15 is 0 Å². The molecule has 0 saturated heterocycles. The van der Waals surface area contributed by atoms with Crippen molar-refractivity contribution in [3.8, 4) is 0 Å². The largest absolute Gasteiger partial charge is 0.506 e. The van der Waals surface area contributed by atoms with Gasteiger partial charge in [-0.1, -0.05) is 6.92 Å². The van der Waals surface area contributed by atoms with E-state index in [0.29, 0.717) is 5.41 Å². The maximum Gasteiger partial charge on any atom is 0.506 e. The van der Waals surface area contributed by atoms with Crippen LogP contribution in [0.25, 0.3) is 0 Å². The quantitative estimate of drug-likeness (QED) is 0.676. The van der Waals surface area contributed by atoms with Crippen molar-refractivity contribution < 1.29 is 14.6 Å². The van der Waals surface area contributed by atoms with Crippen LogP contribution in [0, 0.1) is 17.3 Å². The summed E-state index contributed by atoms with van der Waals surface area (Å²) in [5.74, 6) is 1.44. The van der Waals surface area contributed by atoms with Gasteiger partial charge in [0.2, 0.25) is 0 Å². The Balaban J connectivity index is 1.89. The van der Waals surface area contributed by atoms with E-state index < -0.39 is 6.16 Å². The molecule has 15 heavy (non-hydrogen) atoms. The molecule has 4 saturated carbocycles. The van der Waals surface area contributed by atoms with Crippen molar-refractivity contribution in [2.75, 3.05) is 0 Å². The van der Waals surface area contributed by atoms with Gasteiger partial charge in [0, 0.05) is 0 Å². The highest BCUT2D eigenvalue weighted by Crippen LogP contribution is 2.62. The minimum atomic E-state index is -1.08. The summed E-state index contributed by atoms with van der Waals surface area (Å²) in [5, 5.41) is 8.84. The van der Waals surface area contributed by atoms with E-state index in [2.05, 4.69) is 6.92 Å². The smallest absolute Gasteiger partial charge is 0.450 e. The minimum Gasteiger partial charge on any atom is -0.450 e. The first-order valence-electron chi connectivity index (χ1n) is 5.91. The van der Waals surface area contributed by atoms with Gasteiger partial charge in [0.05, 0.1) is 0 Å². The molecule has 84 valence electrons. The number of hydrogen-bond donors (Lipinski definition) is 1. The van der Waals surface area contributed by atoms with Gasteiger partial charge in [-0.05, 0) is 55.8 Å². The molecule has 0 aromatic rings. The summed E-state index contributed by atoms with van der Waals surface area (Å²) in [7, 11) is 0. The Morgan fingerprint density at radius 2 is 1.87 bits per heavy atom. The molecule has 0 aliphatic heterocycles. The highest BCUT2D eigenvalue weighted by atomic mass is 16.7. The van der Waals surface area contributed by atoms with Crippen molar-refractivity contribution in [2.24, 2.45) is 17.3 Å². The van der Waals surface area contributed by atoms with Crippen LogP contribution in [-0.2, 0) is 4.74 Å². The Bertz CT molecular complexity index is 296. The van der Waals surface area contributed by atoms with Gasteiger partial charge < -0.3 is 9.84 Å². The molecule has 0 amide bonds. The fraction of sp³-hybridized carbons (Fsp3) is 0.917. The maximum absolute atomic E-state index is 10.8. The van der Waals surface area contributed by atoms with Gasteiger partial charge in [-0.2, -0.15) is 0 Å². The second-order valence-corrected chi connectivity index (χ2v) is 6.32. The number of ether oxygens (including phenoxy) is 1. The van der Waals surface area contributed by atoms with Crippen molar-refractivity contribution in [2.45, 2.75) is 51.0 Å². The van der Waals surface area contributed by atoms with Crippen LogP contribution in [0.15, 0.2) is 0 Å². The predicted molar refractivity (Wildman–Crippen MR) is 54.6 cm³/mol. The summed E-state index contributed by atoms with van der Waals surface area (Å²) in [6, 6.07) is 0. The van der Waals surface area contributed by atoms with E-state index in [4.69, 9.17) is 9.84 Å². The molecule has 0 heterocycles. The molecule has 0 aromatic heterocycles. The molecule has 1 N–H and O–H groups in total. The lowest BCUT2D eigenvalue weighted by Crippen LogP contribution is -2.56. The van der Waals surface area contributed by atoms with Crippen LogP contribution in [0.4, 0.5) is 4.79 Å². The van der Waals surface area contributed by atoms with Gasteiger partial charge in [-0.3, -0.25) is 0 Å². The summed E-state index contributed by atoms with van der Waals surface area (Å²) in [6.45, 7) is 2.31. The van der Waals surface area contributed by atoms with Gasteiger partial charge in [0.15, 0.2) is 0 Å². The molecule has 0 radical (unpaired) electrons. The average Bonchev–Trinajstić information content (AvgIpc) is 1.94. The first-order chi connectivity index (χ1) is 6.99. The third-order valence-electron chi connectivity index (χ3n) is 4.60. The minimum absolute atomic E-state index is 0.315. The summed E-state index contributed by atoms with van der Waals surface area (Å²) in [6.07, 6.45) is 5.71. The van der Waals surface area contributed by atoms with Crippen LogP contribution in [0.5, 0.6) is 0 Å². The third kappa shape index (κ3) is 1.44. The van der Waals surface area contributed by atoms with Crippen molar-refractivity contribution >= 4 is 6.16 Å². The van der Waals surface area contributed by atoms with Gasteiger partial charge in [-0.25, -0.2) is 4.79 Å². The highest BCUT2D eigenvalue weighted by Gasteiger charge is 2.57. The maximum atomic E-state index is 10.8. The Morgan fingerprint density at radius 1 is 1.27 bits per heavy atom. The second kappa shape index (κ2) is 2.69. The molecule has 2 unspecified atom stereocenters. The highest BCUT2D eigenvalue weighted by molar-refractivity contribution is 5.57. The molecule has 4 rings (SSSR count). The molecule has 3 heteroatoms. The molecule has 4 bridgehead atoms. The van der Waals surface area contributed by atoms with Crippen LogP contribution in [0.3, 0.4) is 0 Å². The zero-order valence-corrected chi connectivity index (χ0v) is 9.16. The number of rotatable bonds is 1. The zero-order valence-electron chi connectivity index (χ0n) is 9.16. The van der Waals surface area contributed by atoms with Crippen LogP contribution < -0.4 is 0 Å². The first kappa shape index (κ1) is 9.49. The fourth-order valence-corrected chi connectivity index (χ4v) is 4.93. The molecule has 2 atom stereocenters. The number of carbonyl (C=O) groups is 1. The monoisotopic (exact) mass is 210 g/mol. The fourth-order valence-electron chi connectivity index (χ4n) is 4.93. The topological polar surface area (TPSA) is 46.5 Å². The Hall–Kier alpha value is -0.730. The first-order valence-corrected chi connectivity index (χ1v) is 5.91. The standard InChI is InChI=1S/C12H18O3/c1-11-3-8-2-9(4-11)6-12(5-8,7-11)15-10(13)14/h8-9H,2-7H2,1H3,(H,13,14). The van der Waals surface area contributed by atoms with E-state index in [-0.39, 0.29) is 5.60 Å². The van der Waals surface area contributed by atoms with Gasteiger partial charge in [0.25, 0.3) is 0 Å². The normalized spacial score (nSPS) is 51.8. The van der Waals surface area contributed by atoms with Crippen molar-refractivity contribution in [3.05, 3.63) is 0 Å². The summed E-state index contributed by atoms with van der Waals surface area (Å²) in [4.78, 5) is 10.8. The van der Waals surface area contributed by atoms with E-state index in [1.807, 2.05) is 0 Å². The molecule has 4 aliphatic carbocycles. The van der Waals surface area contributed by atoms with E-state index in [9.17, 15) is 4.79 Å². The van der Waals surface area contributed by atoms with E-state index in [1.54, 1.807) is 0 Å². The molecule has 0 spiro atoms. The molecular weight excluding hydrogens is 192 g/mol.